The van der Waals surface area contributed by atoms with Crippen molar-refractivity contribution in [2.45, 2.75) is 25.8 Å². The second-order valence-electron chi connectivity index (χ2n) is 3.38. The Bertz CT molecular complexity index is 239. The second-order valence-corrected chi connectivity index (χ2v) is 6.47. The van der Waals surface area contributed by atoms with E-state index in [2.05, 4.69) is 0 Å². The van der Waals surface area contributed by atoms with E-state index in [9.17, 15) is 4.79 Å². The van der Waals surface area contributed by atoms with Gasteiger partial charge in [0.15, 0.2) is 0 Å². The minimum atomic E-state index is -2.49. The molecule has 0 radical (unpaired) electrons. The maximum Gasteiger partial charge on any atom is 0.500 e. The van der Waals surface area contributed by atoms with Gasteiger partial charge in [0, 0.05) is 32.9 Å². The number of carboxylic acid groups (broad SMARTS) is 1. The number of aliphatic carboxylic acids is 1. The van der Waals surface area contributed by atoms with Crippen LogP contribution in [0.25, 0.3) is 0 Å². The van der Waals surface area contributed by atoms with Crippen molar-refractivity contribution >= 4 is 14.8 Å². The maximum atomic E-state index is 10.5. The molecule has 0 saturated carbocycles. The number of allylic oxidation sites excluding steroid dienone is 1. The molecule has 0 fully saturated rings. The number of unbranched alkanes of at least 4 members (excludes halogenated alkanes) is 1. The third-order valence-corrected chi connectivity index (χ3v) is 5.24. The normalized spacial score (nSPS) is 12.9. The van der Waals surface area contributed by atoms with Gasteiger partial charge < -0.3 is 18.4 Å². The van der Waals surface area contributed by atoms with Gasteiger partial charge in [-0.1, -0.05) is 6.08 Å². The Hall–Kier alpha value is -0.693. The van der Waals surface area contributed by atoms with Crippen molar-refractivity contribution in [1.29, 1.82) is 0 Å². The number of rotatable bonds is 8. The number of carboxylic acids is 1. The van der Waals surface area contributed by atoms with E-state index in [-0.39, 0.29) is 0 Å². The fraction of sp³-hybridized carbons (Fsp3) is 0.700. The average molecular weight is 248 g/mol. The molecule has 0 saturated heterocycles. The van der Waals surface area contributed by atoms with Gasteiger partial charge in [-0.25, -0.2) is 4.79 Å². The quantitative estimate of drug-likeness (QED) is 0.402. The van der Waals surface area contributed by atoms with Crippen LogP contribution in [-0.2, 0) is 18.1 Å². The molecule has 0 heterocycles. The Morgan fingerprint density at radius 2 is 1.75 bits per heavy atom. The van der Waals surface area contributed by atoms with E-state index >= 15 is 0 Å². The standard InChI is InChI=1S/C10H20O5Si/c1-9(10(11)12)7-5-6-8-16(13-2,14-3)15-4/h7H,5-6,8H2,1-4H3,(H,11,12). The zero-order valence-electron chi connectivity index (χ0n) is 10.3. The van der Waals surface area contributed by atoms with E-state index in [1.165, 1.54) is 0 Å². The first-order valence-electron chi connectivity index (χ1n) is 5.07. The molecule has 0 aromatic heterocycles. The molecule has 0 rings (SSSR count). The molecular formula is C10H20O5Si. The highest BCUT2D eigenvalue weighted by atomic mass is 28.4. The number of carbonyl (C=O) groups is 1. The molecule has 94 valence electrons. The zero-order valence-corrected chi connectivity index (χ0v) is 11.3. The minimum absolute atomic E-state index is 0.361. The number of hydrogen-bond acceptors (Lipinski definition) is 4. The summed E-state index contributed by atoms with van der Waals surface area (Å²) in [5.74, 6) is -0.881. The van der Waals surface area contributed by atoms with Crippen molar-refractivity contribution in [3.63, 3.8) is 0 Å². The topological polar surface area (TPSA) is 65.0 Å². The fourth-order valence-electron chi connectivity index (χ4n) is 1.28. The molecule has 0 aromatic carbocycles. The third kappa shape index (κ3) is 4.89. The highest BCUT2D eigenvalue weighted by Crippen LogP contribution is 2.16. The van der Waals surface area contributed by atoms with Gasteiger partial charge in [-0.2, -0.15) is 0 Å². The van der Waals surface area contributed by atoms with Crippen molar-refractivity contribution in [1.82, 2.24) is 0 Å². The van der Waals surface area contributed by atoms with Gasteiger partial charge in [-0.05, 0) is 19.8 Å². The summed E-state index contributed by atoms with van der Waals surface area (Å²) in [7, 11) is 2.21. The predicted molar refractivity (Wildman–Crippen MR) is 62.2 cm³/mol. The lowest BCUT2D eigenvalue weighted by Crippen LogP contribution is -2.42. The van der Waals surface area contributed by atoms with Crippen LogP contribution in [0, 0.1) is 0 Å². The van der Waals surface area contributed by atoms with E-state index in [0.29, 0.717) is 18.0 Å². The first kappa shape index (κ1) is 15.3. The molecule has 0 atom stereocenters. The summed E-state index contributed by atoms with van der Waals surface area (Å²) in [6.07, 6.45) is 3.16. The van der Waals surface area contributed by atoms with Gasteiger partial charge in [0.25, 0.3) is 0 Å². The summed E-state index contributed by atoms with van der Waals surface area (Å²) in [5, 5.41) is 8.65. The molecule has 0 unspecified atom stereocenters. The van der Waals surface area contributed by atoms with Gasteiger partial charge in [0.2, 0.25) is 0 Å². The summed E-state index contributed by atoms with van der Waals surface area (Å²) in [5.41, 5.74) is 0.361. The molecule has 0 aliphatic carbocycles. The van der Waals surface area contributed by atoms with Crippen LogP contribution in [0.1, 0.15) is 19.8 Å². The summed E-state index contributed by atoms with van der Waals surface area (Å²) >= 11 is 0. The van der Waals surface area contributed by atoms with Crippen molar-refractivity contribution in [3.05, 3.63) is 11.6 Å². The van der Waals surface area contributed by atoms with Gasteiger partial charge in [0.1, 0.15) is 0 Å². The Balaban J connectivity index is 4.06. The van der Waals surface area contributed by atoms with Crippen molar-refractivity contribution in [2.75, 3.05) is 21.3 Å². The Labute approximate surface area is 97.4 Å². The van der Waals surface area contributed by atoms with Gasteiger partial charge in [0.05, 0.1) is 0 Å². The Morgan fingerprint density at radius 1 is 1.25 bits per heavy atom. The molecule has 0 aliphatic rings. The van der Waals surface area contributed by atoms with Crippen LogP contribution >= 0.6 is 0 Å². The second kappa shape index (κ2) is 7.56. The lowest BCUT2D eigenvalue weighted by Gasteiger charge is -2.23. The molecule has 16 heavy (non-hydrogen) atoms. The largest absolute Gasteiger partial charge is 0.500 e. The fourth-order valence-corrected chi connectivity index (χ4v) is 3.03. The first-order chi connectivity index (χ1) is 7.51. The van der Waals surface area contributed by atoms with Crippen molar-refractivity contribution in [2.24, 2.45) is 0 Å². The van der Waals surface area contributed by atoms with E-state index in [1.54, 1.807) is 34.3 Å². The highest BCUT2D eigenvalue weighted by Gasteiger charge is 2.36. The minimum Gasteiger partial charge on any atom is -0.478 e. The molecule has 0 aliphatic heterocycles. The zero-order chi connectivity index (χ0) is 12.6. The van der Waals surface area contributed by atoms with Crippen molar-refractivity contribution in [3.8, 4) is 0 Å². The monoisotopic (exact) mass is 248 g/mol. The number of hydrogen-bond donors (Lipinski definition) is 1. The average Bonchev–Trinajstić information content (AvgIpc) is 2.30. The van der Waals surface area contributed by atoms with E-state index in [4.69, 9.17) is 18.4 Å². The van der Waals surface area contributed by atoms with Crippen LogP contribution in [0.3, 0.4) is 0 Å². The SMILES string of the molecule is CO[Si](CCCC=C(C)C(=O)O)(OC)OC. The first-order valence-corrected chi connectivity index (χ1v) is 7.00. The molecule has 0 bridgehead atoms. The van der Waals surface area contributed by atoms with Crippen molar-refractivity contribution < 1.29 is 23.2 Å². The molecule has 0 amide bonds. The summed E-state index contributed by atoms with van der Waals surface area (Å²) < 4.78 is 15.7. The molecule has 5 nitrogen and oxygen atoms in total. The molecule has 6 heteroatoms. The van der Waals surface area contributed by atoms with Crippen LogP contribution in [0.15, 0.2) is 11.6 Å². The lowest BCUT2D eigenvalue weighted by molar-refractivity contribution is -0.132. The molecule has 1 N–H and O–H groups in total. The molecule has 0 aromatic rings. The van der Waals surface area contributed by atoms with Gasteiger partial charge >= 0.3 is 14.8 Å². The van der Waals surface area contributed by atoms with Crippen LogP contribution in [0.5, 0.6) is 0 Å². The third-order valence-electron chi connectivity index (χ3n) is 2.41. The molecular weight excluding hydrogens is 228 g/mol. The van der Waals surface area contributed by atoms with Crippen LogP contribution < -0.4 is 0 Å². The van der Waals surface area contributed by atoms with Gasteiger partial charge in [-0.3, -0.25) is 0 Å². The summed E-state index contributed by atoms with van der Waals surface area (Å²) in [4.78, 5) is 10.5. The van der Waals surface area contributed by atoms with E-state index in [0.717, 1.165) is 6.42 Å². The molecule has 0 spiro atoms. The lowest BCUT2D eigenvalue weighted by atomic mass is 10.2. The summed E-state index contributed by atoms with van der Waals surface area (Å²) in [6.45, 7) is 1.58. The van der Waals surface area contributed by atoms with E-state index in [1.807, 2.05) is 0 Å². The van der Waals surface area contributed by atoms with E-state index < -0.39 is 14.8 Å². The van der Waals surface area contributed by atoms with Crippen LogP contribution in [0.2, 0.25) is 6.04 Å². The Morgan fingerprint density at radius 3 is 2.12 bits per heavy atom. The highest BCUT2D eigenvalue weighted by molar-refractivity contribution is 6.60. The summed E-state index contributed by atoms with van der Waals surface area (Å²) in [6, 6.07) is 0.680. The predicted octanol–water partition coefficient (Wildman–Crippen LogP) is 1.68. The van der Waals surface area contributed by atoms with Gasteiger partial charge in [-0.15, -0.1) is 0 Å². The smallest absolute Gasteiger partial charge is 0.478 e. The Kier molecular flexibility index (Phi) is 7.23. The van der Waals surface area contributed by atoms with Crippen LogP contribution in [0.4, 0.5) is 0 Å². The van der Waals surface area contributed by atoms with Crippen LogP contribution in [-0.4, -0.2) is 41.2 Å². The maximum absolute atomic E-state index is 10.5.